The van der Waals surface area contributed by atoms with E-state index in [-0.39, 0.29) is 0 Å². The van der Waals surface area contributed by atoms with Crippen molar-refractivity contribution in [1.82, 2.24) is 14.5 Å². The van der Waals surface area contributed by atoms with Crippen molar-refractivity contribution in [3.05, 3.63) is 152 Å². The SMILES string of the molecule is c1ccc(-c2cccc(-n3c4ccccc4c4ccc(-c5cccc6c5oc5c(-c7ccccc7)cccc56)nc43)n2)cc1. The molecular weight excluding hydrogens is 538 g/mol. The summed E-state index contributed by atoms with van der Waals surface area (Å²) >= 11 is 0. The lowest BCUT2D eigenvalue weighted by atomic mass is 10.0. The Morgan fingerprint density at radius 1 is 0.409 bits per heavy atom. The van der Waals surface area contributed by atoms with Gasteiger partial charge in [0.1, 0.15) is 22.6 Å². The average Bonchev–Trinajstić information content (AvgIpc) is 3.65. The molecule has 4 heterocycles. The van der Waals surface area contributed by atoms with Crippen LogP contribution in [0.4, 0.5) is 0 Å². The first-order chi connectivity index (χ1) is 21.8. The summed E-state index contributed by atoms with van der Waals surface area (Å²) in [4.78, 5) is 10.4. The predicted octanol–water partition coefficient (Wildman–Crippen LogP) is 10.5. The number of fused-ring (bicyclic) bond motifs is 6. The van der Waals surface area contributed by atoms with Gasteiger partial charge in [0.25, 0.3) is 0 Å². The van der Waals surface area contributed by atoms with Crippen molar-refractivity contribution in [2.75, 3.05) is 0 Å². The van der Waals surface area contributed by atoms with Crippen molar-refractivity contribution in [3.8, 4) is 39.5 Å². The van der Waals surface area contributed by atoms with Gasteiger partial charge >= 0.3 is 0 Å². The highest BCUT2D eigenvalue weighted by molar-refractivity contribution is 6.13. The minimum absolute atomic E-state index is 0.830. The summed E-state index contributed by atoms with van der Waals surface area (Å²) < 4.78 is 8.89. The number of rotatable bonds is 4. The third kappa shape index (κ3) is 3.78. The molecule has 0 aliphatic carbocycles. The van der Waals surface area contributed by atoms with E-state index in [9.17, 15) is 0 Å². The molecule has 0 atom stereocenters. The third-order valence-electron chi connectivity index (χ3n) is 8.44. The van der Waals surface area contributed by atoms with Crippen LogP contribution in [0.5, 0.6) is 0 Å². The van der Waals surface area contributed by atoms with Crippen LogP contribution >= 0.6 is 0 Å². The number of hydrogen-bond donors (Lipinski definition) is 0. The molecule has 4 aromatic heterocycles. The van der Waals surface area contributed by atoms with Gasteiger partial charge in [0.15, 0.2) is 0 Å². The summed E-state index contributed by atoms with van der Waals surface area (Å²) in [5, 5.41) is 4.40. The van der Waals surface area contributed by atoms with Gasteiger partial charge in [-0.3, -0.25) is 4.57 Å². The molecule has 0 amide bonds. The van der Waals surface area contributed by atoms with Crippen molar-refractivity contribution in [1.29, 1.82) is 0 Å². The van der Waals surface area contributed by atoms with Crippen LogP contribution in [0.25, 0.3) is 83.3 Å². The Morgan fingerprint density at radius 3 is 1.84 bits per heavy atom. The zero-order valence-electron chi connectivity index (χ0n) is 23.7. The Balaban J connectivity index is 1.28. The van der Waals surface area contributed by atoms with E-state index in [1.807, 2.05) is 24.3 Å². The van der Waals surface area contributed by atoms with Gasteiger partial charge < -0.3 is 4.42 Å². The fraction of sp³-hybridized carbons (Fsp3) is 0. The minimum Gasteiger partial charge on any atom is -0.455 e. The van der Waals surface area contributed by atoms with E-state index >= 15 is 0 Å². The maximum absolute atomic E-state index is 6.71. The van der Waals surface area contributed by atoms with Gasteiger partial charge in [0.2, 0.25) is 0 Å². The molecule has 0 bridgehead atoms. The smallest absolute Gasteiger partial charge is 0.147 e. The van der Waals surface area contributed by atoms with Crippen LogP contribution in [0.3, 0.4) is 0 Å². The van der Waals surface area contributed by atoms with Crippen molar-refractivity contribution in [3.63, 3.8) is 0 Å². The van der Waals surface area contributed by atoms with E-state index in [1.54, 1.807) is 0 Å². The molecule has 44 heavy (non-hydrogen) atoms. The van der Waals surface area contributed by atoms with Crippen LogP contribution in [0.2, 0.25) is 0 Å². The van der Waals surface area contributed by atoms with Gasteiger partial charge in [-0.05, 0) is 42.0 Å². The Bertz CT molecular complexity index is 2490. The second-order valence-corrected chi connectivity index (χ2v) is 11.0. The fourth-order valence-corrected chi connectivity index (χ4v) is 6.41. The summed E-state index contributed by atoms with van der Waals surface area (Å²) in [5.74, 6) is 0.830. The van der Waals surface area contributed by atoms with Crippen molar-refractivity contribution in [2.45, 2.75) is 0 Å². The number of benzene rings is 5. The van der Waals surface area contributed by atoms with Crippen LogP contribution < -0.4 is 0 Å². The molecule has 4 nitrogen and oxygen atoms in total. The molecule has 0 spiro atoms. The zero-order chi connectivity index (χ0) is 29.0. The summed E-state index contributed by atoms with van der Waals surface area (Å²) in [7, 11) is 0. The van der Waals surface area contributed by atoms with Crippen molar-refractivity contribution in [2.24, 2.45) is 0 Å². The molecular formula is C40H25N3O. The van der Waals surface area contributed by atoms with E-state index < -0.39 is 0 Å². The molecule has 0 saturated carbocycles. The van der Waals surface area contributed by atoms with Crippen LogP contribution in [-0.2, 0) is 0 Å². The number of pyridine rings is 2. The van der Waals surface area contributed by atoms with Crippen LogP contribution in [0, 0.1) is 0 Å². The summed E-state index contributed by atoms with van der Waals surface area (Å²) in [6, 6.07) is 52.3. The Morgan fingerprint density at radius 2 is 1.05 bits per heavy atom. The van der Waals surface area contributed by atoms with Gasteiger partial charge in [-0.2, -0.15) is 0 Å². The summed E-state index contributed by atoms with van der Waals surface area (Å²) in [6.07, 6.45) is 0. The largest absolute Gasteiger partial charge is 0.455 e. The molecule has 0 unspecified atom stereocenters. The number of furan rings is 1. The molecule has 0 N–H and O–H groups in total. The molecule has 0 aliphatic heterocycles. The van der Waals surface area contributed by atoms with E-state index in [0.717, 1.165) is 83.3 Å². The van der Waals surface area contributed by atoms with Gasteiger partial charge in [-0.1, -0.05) is 115 Å². The molecule has 206 valence electrons. The second kappa shape index (κ2) is 9.79. The molecule has 9 aromatic rings. The van der Waals surface area contributed by atoms with E-state index in [2.05, 4.69) is 132 Å². The number of aromatic nitrogens is 3. The Kier molecular flexibility index (Phi) is 5.47. The maximum Gasteiger partial charge on any atom is 0.147 e. The van der Waals surface area contributed by atoms with Crippen LogP contribution in [-0.4, -0.2) is 14.5 Å². The first-order valence-corrected chi connectivity index (χ1v) is 14.8. The molecule has 5 aromatic carbocycles. The molecule has 0 aliphatic rings. The lowest BCUT2D eigenvalue weighted by molar-refractivity contribution is 0.671. The van der Waals surface area contributed by atoms with Gasteiger partial charge in [0.05, 0.1) is 16.9 Å². The van der Waals surface area contributed by atoms with E-state index in [1.165, 1.54) is 0 Å². The number of nitrogens with zero attached hydrogens (tertiary/aromatic N) is 3. The van der Waals surface area contributed by atoms with Gasteiger partial charge in [0, 0.05) is 38.2 Å². The topological polar surface area (TPSA) is 43.9 Å². The van der Waals surface area contributed by atoms with Gasteiger partial charge in [-0.15, -0.1) is 0 Å². The Hall–Kier alpha value is -6.00. The Labute approximate surface area is 253 Å². The van der Waals surface area contributed by atoms with Crippen molar-refractivity contribution >= 4 is 43.9 Å². The van der Waals surface area contributed by atoms with Crippen molar-refractivity contribution < 1.29 is 4.42 Å². The molecule has 0 fully saturated rings. The standard InChI is InChI=1S/C40H25N3O/c1-3-12-26(13-4-1)28-17-9-18-30-31-19-10-20-33(39(31)44-38(28)30)35-25-24-32-29-16-7-8-22-36(29)43(40(32)42-35)37-23-11-21-34(41-37)27-14-5-2-6-15-27/h1-25H. The number of hydrogen-bond acceptors (Lipinski definition) is 3. The highest BCUT2D eigenvalue weighted by Crippen LogP contribution is 2.40. The van der Waals surface area contributed by atoms with E-state index in [4.69, 9.17) is 14.4 Å². The third-order valence-corrected chi connectivity index (χ3v) is 8.44. The lowest BCUT2D eigenvalue weighted by Gasteiger charge is -2.09. The first kappa shape index (κ1) is 24.6. The second-order valence-electron chi connectivity index (χ2n) is 11.0. The van der Waals surface area contributed by atoms with Gasteiger partial charge in [-0.25, -0.2) is 9.97 Å². The molecule has 0 saturated heterocycles. The normalized spacial score (nSPS) is 11.6. The molecule has 9 rings (SSSR count). The van der Waals surface area contributed by atoms with Crippen LogP contribution in [0.15, 0.2) is 156 Å². The zero-order valence-corrected chi connectivity index (χ0v) is 23.7. The number of para-hydroxylation sites is 3. The fourth-order valence-electron chi connectivity index (χ4n) is 6.41. The molecule has 4 heteroatoms. The monoisotopic (exact) mass is 563 g/mol. The maximum atomic E-state index is 6.71. The van der Waals surface area contributed by atoms with E-state index in [0.29, 0.717) is 0 Å². The summed E-state index contributed by atoms with van der Waals surface area (Å²) in [6.45, 7) is 0. The summed E-state index contributed by atoms with van der Waals surface area (Å²) in [5.41, 5.74) is 9.68. The lowest BCUT2D eigenvalue weighted by Crippen LogP contribution is -2.00. The molecule has 0 radical (unpaired) electrons. The average molecular weight is 564 g/mol. The van der Waals surface area contributed by atoms with Crippen LogP contribution in [0.1, 0.15) is 0 Å². The first-order valence-electron chi connectivity index (χ1n) is 14.8. The quantitative estimate of drug-likeness (QED) is 0.214. The highest BCUT2D eigenvalue weighted by Gasteiger charge is 2.19. The highest BCUT2D eigenvalue weighted by atomic mass is 16.3. The minimum atomic E-state index is 0.830. The predicted molar refractivity (Wildman–Crippen MR) is 180 cm³/mol.